The number of rotatable bonds is 4. The van der Waals surface area contributed by atoms with E-state index in [1.807, 2.05) is 0 Å². The number of halogens is 1. The van der Waals surface area contributed by atoms with Crippen LogP contribution in [0.25, 0.3) is 0 Å². The van der Waals surface area contributed by atoms with Crippen LogP contribution < -0.4 is 0 Å². The lowest BCUT2D eigenvalue weighted by molar-refractivity contribution is -0.394. The molecule has 2 aromatic rings. The van der Waals surface area contributed by atoms with E-state index in [1.165, 1.54) is 55.1 Å². The van der Waals surface area contributed by atoms with Crippen molar-refractivity contribution in [3.63, 3.8) is 0 Å². The summed E-state index contributed by atoms with van der Waals surface area (Å²) >= 11 is 6.59. The summed E-state index contributed by atoms with van der Waals surface area (Å²) in [5.74, 6) is 2.31. The Bertz CT molecular complexity index is 843. The molecule has 1 aromatic carbocycles. The molecule has 1 heterocycles. The van der Waals surface area contributed by atoms with Crippen molar-refractivity contribution in [2.75, 3.05) is 0 Å². The van der Waals surface area contributed by atoms with Crippen LogP contribution in [0.4, 0.5) is 5.95 Å². The second-order valence-electron chi connectivity index (χ2n) is 8.50. The molecule has 136 valence electrons. The van der Waals surface area contributed by atoms with Gasteiger partial charge < -0.3 is 10.1 Å². The highest BCUT2D eigenvalue weighted by molar-refractivity contribution is 6.31. The maximum atomic E-state index is 10.7. The van der Waals surface area contributed by atoms with Crippen LogP contribution in [-0.4, -0.2) is 19.7 Å². The Morgan fingerprint density at radius 1 is 1.19 bits per heavy atom. The van der Waals surface area contributed by atoms with Crippen molar-refractivity contribution in [2.24, 2.45) is 17.8 Å². The first-order valence-electron chi connectivity index (χ1n) is 9.33. The monoisotopic (exact) mass is 372 g/mol. The molecule has 0 atom stereocenters. The predicted octanol–water partition coefficient (Wildman–Crippen LogP) is 4.36. The fourth-order valence-electron chi connectivity index (χ4n) is 6.09. The molecule has 6 nitrogen and oxygen atoms in total. The largest absolute Gasteiger partial charge is 0.490 e. The normalized spacial score (nSPS) is 32.1. The molecule has 0 N–H and O–H groups in total. The van der Waals surface area contributed by atoms with Crippen LogP contribution in [0.5, 0.6) is 0 Å². The Kier molecular flexibility index (Phi) is 3.61. The maximum Gasteiger partial charge on any atom is 0.490 e. The quantitative estimate of drug-likeness (QED) is 0.590. The summed E-state index contributed by atoms with van der Waals surface area (Å²) in [4.78, 5) is 13.8. The zero-order valence-electron chi connectivity index (χ0n) is 14.5. The molecule has 4 aliphatic carbocycles. The topological polar surface area (TPSA) is 73.8 Å². The number of hydrogen-bond acceptors (Lipinski definition) is 4. The molecular weight excluding hydrogens is 352 g/mol. The van der Waals surface area contributed by atoms with Crippen molar-refractivity contribution in [3.8, 4) is 0 Å². The third-order valence-corrected chi connectivity index (χ3v) is 7.08. The summed E-state index contributed by atoms with van der Waals surface area (Å²) in [6, 6.07) is 6.42. The molecule has 0 radical (unpaired) electrons. The number of nitro groups is 1. The van der Waals surface area contributed by atoms with Gasteiger partial charge in [-0.05, 0) is 83.8 Å². The number of nitrogens with zero attached hydrogens (tertiary/aromatic N) is 4. The zero-order chi connectivity index (χ0) is 17.9. The molecule has 0 aliphatic heterocycles. The fourth-order valence-corrected chi connectivity index (χ4v) is 6.33. The average Bonchev–Trinajstić information content (AvgIpc) is 3.04. The molecule has 0 amide bonds. The SMILES string of the molecule is O=[N+]([O-])c1ncn(Cc2ccc(C34CC5CC(CC(C5)C3)C4)cc2Cl)n1. The average molecular weight is 373 g/mol. The minimum atomic E-state index is -0.589. The molecular formula is C19H21ClN4O2. The van der Waals surface area contributed by atoms with Crippen LogP contribution in [0.15, 0.2) is 24.5 Å². The van der Waals surface area contributed by atoms with Gasteiger partial charge in [-0.3, -0.25) is 0 Å². The van der Waals surface area contributed by atoms with Crippen molar-refractivity contribution >= 4 is 17.5 Å². The Morgan fingerprint density at radius 2 is 1.85 bits per heavy atom. The van der Waals surface area contributed by atoms with Gasteiger partial charge in [0.25, 0.3) is 0 Å². The molecule has 0 saturated heterocycles. The van der Waals surface area contributed by atoms with Crippen LogP contribution in [0.3, 0.4) is 0 Å². The molecule has 6 rings (SSSR count). The van der Waals surface area contributed by atoms with E-state index >= 15 is 0 Å². The van der Waals surface area contributed by atoms with Gasteiger partial charge in [0.05, 0.1) is 6.54 Å². The lowest BCUT2D eigenvalue weighted by Gasteiger charge is -2.57. The molecule has 4 bridgehead atoms. The second kappa shape index (κ2) is 5.78. The van der Waals surface area contributed by atoms with Crippen LogP contribution in [0.2, 0.25) is 5.02 Å². The minimum absolute atomic E-state index is 0.322. The van der Waals surface area contributed by atoms with Crippen molar-refractivity contribution in [1.82, 2.24) is 14.8 Å². The van der Waals surface area contributed by atoms with Gasteiger partial charge in [0.15, 0.2) is 0 Å². The lowest BCUT2D eigenvalue weighted by atomic mass is 9.48. The Balaban J connectivity index is 1.41. The summed E-state index contributed by atoms with van der Waals surface area (Å²) in [7, 11) is 0. The van der Waals surface area contributed by atoms with E-state index < -0.39 is 4.92 Å². The summed E-state index contributed by atoms with van der Waals surface area (Å²) in [6.07, 6.45) is 9.59. The Labute approximate surface area is 156 Å². The van der Waals surface area contributed by atoms with Gasteiger partial charge in [-0.2, -0.15) is 4.68 Å². The zero-order valence-corrected chi connectivity index (χ0v) is 15.2. The van der Waals surface area contributed by atoms with E-state index in [2.05, 4.69) is 28.3 Å². The third-order valence-electron chi connectivity index (χ3n) is 6.72. The van der Waals surface area contributed by atoms with Crippen molar-refractivity contribution < 1.29 is 4.92 Å². The van der Waals surface area contributed by atoms with Gasteiger partial charge in [0, 0.05) is 10.1 Å². The number of benzene rings is 1. The summed E-state index contributed by atoms with van der Waals surface area (Å²) in [6.45, 7) is 0.390. The number of aromatic nitrogens is 3. The second-order valence-corrected chi connectivity index (χ2v) is 8.91. The summed E-state index contributed by atoms with van der Waals surface area (Å²) < 4.78 is 1.46. The van der Waals surface area contributed by atoms with Crippen LogP contribution >= 0.6 is 11.6 Å². The van der Waals surface area contributed by atoms with Gasteiger partial charge in [-0.15, -0.1) is 0 Å². The van der Waals surface area contributed by atoms with Crippen molar-refractivity contribution in [2.45, 2.75) is 50.5 Å². The molecule has 4 fully saturated rings. The molecule has 0 spiro atoms. The smallest absolute Gasteiger partial charge is 0.390 e. The Hall–Kier alpha value is -1.95. The first-order chi connectivity index (χ1) is 12.5. The van der Waals surface area contributed by atoms with E-state index in [-0.39, 0.29) is 5.95 Å². The maximum absolute atomic E-state index is 10.7. The first kappa shape index (κ1) is 16.2. The fraction of sp³-hybridized carbons (Fsp3) is 0.579. The van der Waals surface area contributed by atoms with Crippen LogP contribution in [0.1, 0.15) is 49.7 Å². The lowest BCUT2D eigenvalue weighted by Crippen LogP contribution is -2.48. The standard InChI is InChI=1S/C19H21ClN4O2/c20-17-6-16(19-7-12-3-13(8-19)5-14(4-12)9-19)2-1-15(17)10-23-11-21-18(22-23)24(25)26/h1-2,6,11-14H,3-5,7-10H2. The van der Waals surface area contributed by atoms with Gasteiger partial charge in [0.1, 0.15) is 0 Å². The van der Waals surface area contributed by atoms with Gasteiger partial charge in [0.2, 0.25) is 6.33 Å². The van der Waals surface area contributed by atoms with Crippen molar-refractivity contribution in [1.29, 1.82) is 0 Å². The summed E-state index contributed by atoms with van der Waals surface area (Å²) in [5, 5.41) is 15.3. The minimum Gasteiger partial charge on any atom is -0.390 e. The predicted molar refractivity (Wildman–Crippen MR) is 97.1 cm³/mol. The molecule has 4 saturated carbocycles. The van der Waals surface area contributed by atoms with Gasteiger partial charge >= 0.3 is 5.95 Å². The molecule has 26 heavy (non-hydrogen) atoms. The third kappa shape index (κ3) is 2.62. The molecule has 4 aliphatic rings. The Morgan fingerprint density at radius 3 is 2.38 bits per heavy atom. The first-order valence-corrected chi connectivity index (χ1v) is 9.71. The van der Waals surface area contributed by atoms with E-state index in [9.17, 15) is 10.1 Å². The molecule has 1 aromatic heterocycles. The highest BCUT2D eigenvalue weighted by Crippen LogP contribution is 2.60. The van der Waals surface area contributed by atoms with E-state index in [0.29, 0.717) is 12.0 Å². The summed E-state index contributed by atoms with van der Waals surface area (Å²) in [5.41, 5.74) is 2.62. The molecule has 7 heteroatoms. The highest BCUT2D eigenvalue weighted by Gasteiger charge is 2.51. The van der Waals surface area contributed by atoms with Gasteiger partial charge in [-0.1, -0.05) is 28.7 Å². The van der Waals surface area contributed by atoms with E-state index in [0.717, 1.165) is 28.3 Å². The van der Waals surface area contributed by atoms with Crippen LogP contribution in [-0.2, 0) is 12.0 Å². The van der Waals surface area contributed by atoms with Crippen LogP contribution in [0, 0.1) is 27.9 Å². The van der Waals surface area contributed by atoms with E-state index in [1.54, 1.807) is 0 Å². The van der Waals surface area contributed by atoms with Gasteiger partial charge in [-0.25, -0.2) is 0 Å². The number of hydrogen-bond donors (Lipinski definition) is 0. The highest BCUT2D eigenvalue weighted by atomic mass is 35.5. The van der Waals surface area contributed by atoms with E-state index in [4.69, 9.17) is 11.6 Å². The van der Waals surface area contributed by atoms with Crippen molar-refractivity contribution in [3.05, 3.63) is 50.8 Å². The molecule has 0 unspecified atom stereocenters.